The molecule has 3 aromatic heterocycles. The second-order valence-corrected chi connectivity index (χ2v) is 8.01. The number of hydrogen-bond donors (Lipinski definition) is 4. The number of hydrogen-bond acceptors (Lipinski definition) is 8. The van der Waals surface area contributed by atoms with Crippen LogP contribution in [-0.2, 0) is 6.54 Å². The van der Waals surface area contributed by atoms with E-state index in [0.29, 0.717) is 28.2 Å². The largest absolute Gasteiger partial charge is 0.360 e. The van der Waals surface area contributed by atoms with Crippen LogP contribution in [-0.4, -0.2) is 46.7 Å². The summed E-state index contributed by atoms with van der Waals surface area (Å²) < 4.78 is 13.5. The van der Waals surface area contributed by atoms with Gasteiger partial charge in [0, 0.05) is 12.1 Å². The van der Waals surface area contributed by atoms with Gasteiger partial charge in [0.2, 0.25) is 5.82 Å². The van der Waals surface area contributed by atoms with Gasteiger partial charge in [0.05, 0.1) is 6.04 Å². The molecule has 2 aromatic carbocycles. The zero-order valence-corrected chi connectivity index (χ0v) is 18.9. The number of nitrogens with zero attached hydrogens (tertiary/aromatic N) is 6. The number of halogens is 1. The number of aromatic amines is 2. The molecule has 0 saturated heterocycles. The van der Waals surface area contributed by atoms with Crippen LogP contribution < -0.4 is 10.6 Å². The Labute approximate surface area is 198 Å². The predicted octanol–water partition coefficient (Wildman–Crippen LogP) is 3.08. The Morgan fingerprint density at radius 1 is 1.11 bits per heavy atom. The molecule has 0 aliphatic rings. The number of aromatic nitrogens is 8. The number of fused-ring (bicyclic) bond motifs is 1. The van der Waals surface area contributed by atoms with Crippen LogP contribution in [0.3, 0.4) is 0 Å². The number of H-pyrrole nitrogens is 2. The topological polar surface area (TPSA) is 150 Å². The lowest BCUT2D eigenvalue weighted by molar-refractivity contribution is 0.0947. The van der Waals surface area contributed by atoms with E-state index in [1.54, 1.807) is 19.1 Å². The average molecular weight is 472 g/mol. The predicted molar refractivity (Wildman–Crippen MR) is 126 cm³/mol. The van der Waals surface area contributed by atoms with Crippen molar-refractivity contribution in [2.24, 2.45) is 0 Å². The summed E-state index contributed by atoms with van der Waals surface area (Å²) in [5.74, 6) is 0.347. The molecule has 176 valence electrons. The molecule has 0 aliphatic heterocycles. The molecule has 1 atom stereocenters. The fraction of sp³-hybridized carbons (Fsp3) is 0.174. The van der Waals surface area contributed by atoms with Crippen molar-refractivity contribution in [2.45, 2.75) is 26.4 Å². The Kier molecular flexibility index (Phi) is 5.83. The van der Waals surface area contributed by atoms with Gasteiger partial charge in [0.25, 0.3) is 5.91 Å². The quantitative estimate of drug-likeness (QED) is 0.282. The lowest BCUT2D eigenvalue weighted by atomic mass is 10.1. The number of rotatable bonds is 7. The zero-order valence-electron chi connectivity index (χ0n) is 18.9. The van der Waals surface area contributed by atoms with Crippen molar-refractivity contribution < 1.29 is 9.18 Å². The van der Waals surface area contributed by atoms with E-state index in [1.807, 2.05) is 31.2 Å². The summed E-state index contributed by atoms with van der Waals surface area (Å²) >= 11 is 0. The Morgan fingerprint density at radius 2 is 1.94 bits per heavy atom. The second-order valence-electron chi connectivity index (χ2n) is 8.01. The van der Waals surface area contributed by atoms with Gasteiger partial charge in [-0.3, -0.25) is 9.89 Å². The molecule has 11 nitrogen and oxygen atoms in total. The standard InChI is InChI=1S/C23H21FN10O/c1-12-9-14(3-8-17(12)24)10-25-23(35)20-18-19(26-11-27-20)22(30-29-18)28-13(2)15-4-6-16(7-5-15)21-31-33-34-32-21/h3-9,11,13H,10H2,1-2H3,(H,25,35)(H2,28,29,30)(H,31,32,33,34). The molecule has 3 heterocycles. The van der Waals surface area contributed by atoms with E-state index in [-0.39, 0.29) is 30.0 Å². The summed E-state index contributed by atoms with van der Waals surface area (Å²) in [7, 11) is 0. The van der Waals surface area contributed by atoms with Crippen molar-refractivity contribution in [1.82, 2.24) is 46.1 Å². The minimum atomic E-state index is -0.389. The first-order valence-electron chi connectivity index (χ1n) is 10.8. The van der Waals surface area contributed by atoms with Gasteiger partial charge in [0.15, 0.2) is 11.5 Å². The molecule has 0 bridgehead atoms. The molecule has 35 heavy (non-hydrogen) atoms. The highest BCUT2D eigenvalue weighted by Gasteiger charge is 2.19. The molecule has 1 unspecified atom stereocenters. The van der Waals surface area contributed by atoms with Crippen LogP contribution >= 0.6 is 0 Å². The molecule has 0 saturated carbocycles. The van der Waals surface area contributed by atoms with Crippen LogP contribution in [0, 0.1) is 12.7 Å². The summed E-state index contributed by atoms with van der Waals surface area (Å²) in [5.41, 5.74) is 4.25. The van der Waals surface area contributed by atoms with Gasteiger partial charge < -0.3 is 10.6 Å². The van der Waals surface area contributed by atoms with E-state index in [9.17, 15) is 9.18 Å². The highest BCUT2D eigenvalue weighted by molar-refractivity contribution is 6.04. The Bertz CT molecular complexity index is 1480. The first-order valence-corrected chi connectivity index (χ1v) is 10.8. The van der Waals surface area contributed by atoms with Gasteiger partial charge in [-0.05, 0) is 41.8 Å². The number of nitrogens with one attached hydrogen (secondary N) is 4. The van der Waals surface area contributed by atoms with Crippen LogP contribution in [0.2, 0.25) is 0 Å². The minimum absolute atomic E-state index is 0.102. The fourth-order valence-electron chi connectivity index (χ4n) is 3.68. The lowest BCUT2D eigenvalue weighted by Crippen LogP contribution is -2.24. The Morgan fingerprint density at radius 3 is 2.69 bits per heavy atom. The van der Waals surface area contributed by atoms with Gasteiger partial charge in [-0.2, -0.15) is 10.3 Å². The molecule has 0 fully saturated rings. The lowest BCUT2D eigenvalue weighted by Gasteiger charge is -2.14. The molecule has 12 heteroatoms. The third-order valence-corrected chi connectivity index (χ3v) is 5.61. The van der Waals surface area contributed by atoms with Gasteiger partial charge in [0.1, 0.15) is 23.2 Å². The van der Waals surface area contributed by atoms with E-state index in [2.05, 4.69) is 51.4 Å². The maximum absolute atomic E-state index is 13.5. The van der Waals surface area contributed by atoms with Crippen molar-refractivity contribution in [3.8, 4) is 11.4 Å². The van der Waals surface area contributed by atoms with E-state index < -0.39 is 0 Å². The van der Waals surface area contributed by atoms with Gasteiger partial charge in [-0.1, -0.05) is 36.4 Å². The number of carbonyl (C=O) groups excluding carboxylic acids is 1. The minimum Gasteiger partial charge on any atom is -0.360 e. The maximum atomic E-state index is 13.5. The van der Waals surface area contributed by atoms with Crippen LogP contribution in [0.5, 0.6) is 0 Å². The number of tetrazole rings is 1. The van der Waals surface area contributed by atoms with E-state index in [1.165, 1.54) is 12.4 Å². The number of anilines is 1. The van der Waals surface area contributed by atoms with Gasteiger partial charge in [-0.15, -0.1) is 10.2 Å². The van der Waals surface area contributed by atoms with Crippen LogP contribution in [0.15, 0.2) is 48.8 Å². The highest BCUT2D eigenvalue weighted by atomic mass is 19.1. The van der Waals surface area contributed by atoms with Gasteiger partial charge in [-0.25, -0.2) is 14.4 Å². The summed E-state index contributed by atoms with van der Waals surface area (Å²) in [6.07, 6.45) is 1.32. The van der Waals surface area contributed by atoms with Crippen LogP contribution in [0.1, 0.15) is 40.1 Å². The summed E-state index contributed by atoms with van der Waals surface area (Å²) in [6, 6.07) is 12.3. The number of carbonyl (C=O) groups is 1. The highest BCUT2D eigenvalue weighted by Crippen LogP contribution is 2.25. The summed E-state index contributed by atoms with van der Waals surface area (Å²) in [5, 5.41) is 27.3. The van der Waals surface area contributed by atoms with Crippen molar-refractivity contribution in [3.05, 3.63) is 77.0 Å². The van der Waals surface area contributed by atoms with Crippen molar-refractivity contribution in [2.75, 3.05) is 5.32 Å². The van der Waals surface area contributed by atoms with E-state index >= 15 is 0 Å². The molecule has 5 rings (SSSR count). The molecule has 5 aromatic rings. The molecular formula is C23H21FN10O. The first-order chi connectivity index (χ1) is 17.0. The maximum Gasteiger partial charge on any atom is 0.272 e. The van der Waals surface area contributed by atoms with E-state index in [4.69, 9.17) is 0 Å². The number of aryl methyl sites for hydroxylation is 1. The monoisotopic (exact) mass is 472 g/mol. The molecule has 0 spiro atoms. The molecular weight excluding hydrogens is 451 g/mol. The summed E-state index contributed by atoms with van der Waals surface area (Å²) in [4.78, 5) is 21.2. The second kappa shape index (κ2) is 9.25. The van der Waals surface area contributed by atoms with Crippen molar-refractivity contribution in [3.63, 3.8) is 0 Å². The van der Waals surface area contributed by atoms with Gasteiger partial charge >= 0.3 is 0 Å². The Balaban J connectivity index is 1.30. The summed E-state index contributed by atoms with van der Waals surface area (Å²) in [6.45, 7) is 3.90. The average Bonchev–Trinajstić information content (AvgIpc) is 3.55. The normalized spacial score (nSPS) is 12.0. The third kappa shape index (κ3) is 4.53. The van der Waals surface area contributed by atoms with Crippen LogP contribution in [0.25, 0.3) is 22.4 Å². The number of amides is 1. The molecule has 0 radical (unpaired) electrons. The molecule has 4 N–H and O–H groups in total. The van der Waals surface area contributed by atoms with Crippen molar-refractivity contribution >= 4 is 22.8 Å². The first kappa shape index (κ1) is 22.1. The van der Waals surface area contributed by atoms with Crippen molar-refractivity contribution in [1.29, 1.82) is 0 Å². The fourth-order valence-corrected chi connectivity index (χ4v) is 3.68. The SMILES string of the molecule is Cc1cc(CNC(=O)c2ncnc3c(NC(C)c4ccc(-c5nn[nH]n5)cc4)n[nH]c23)ccc1F. The molecule has 1 amide bonds. The molecule has 0 aliphatic carbocycles. The Hall–Kier alpha value is -4.74. The third-order valence-electron chi connectivity index (χ3n) is 5.61. The smallest absolute Gasteiger partial charge is 0.272 e. The number of benzene rings is 2. The van der Waals surface area contributed by atoms with Crippen LogP contribution in [0.4, 0.5) is 10.2 Å². The zero-order chi connectivity index (χ0) is 24.4. The van der Waals surface area contributed by atoms with E-state index in [0.717, 1.165) is 16.7 Å².